The molecule has 6 heteroatoms. The fourth-order valence-corrected chi connectivity index (χ4v) is 4.06. The summed E-state index contributed by atoms with van der Waals surface area (Å²) in [5.74, 6) is 0.527. The van der Waals surface area contributed by atoms with Crippen molar-refractivity contribution in [1.82, 2.24) is 0 Å². The minimum absolute atomic E-state index is 0.0582. The molecular weight excluding hydrogens is 288 g/mol. The zero-order chi connectivity index (χ0) is 13.9. The molecule has 0 aromatic heterocycles. The van der Waals surface area contributed by atoms with Gasteiger partial charge in [-0.2, -0.15) is 0 Å². The number of benzene rings is 1. The summed E-state index contributed by atoms with van der Waals surface area (Å²) in [5, 5.41) is 0.503. The molecule has 1 heterocycles. The van der Waals surface area contributed by atoms with Crippen molar-refractivity contribution in [3.63, 3.8) is 0 Å². The van der Waals surface area contributed by atoms with Crippen molar-refractivity contribution in [2.75, 3.05) is 19.5 Å². The van der Waals surface area contributed by atoms with E-state index in [2.05, 4.69) is 0 Å². The molecule has 4 nitrogen and oxygen atoms in total. The molecule has 0 bridgehead atoms. The molecule has 1 aliphatic rings. The molecule has 1 aromatic rings. The number of halogens is 1. The zero-order valence-corrected chi connectivity index (χ0v) is 12.3. The minimum Gasteiger partial charge on any atom is -0.496 e. The Morgan fingerprint density at radius 1 is 1.47 bits per heavy atom. The Labute approximate surface area is 118 Å². The standard InChI is InChI=1S/C13H17ClO4S/c1-17-13-5-4-11(14)7-10(13)8-19(15,16)9-12-3-2-6-18-12/h4-5,7,12H,2-3,6,8-9H2,1H3. The number of sulfone groups is 1. The zero-order valence-electron chi connectivity index (χ0n) is 10.8. The maximum absolute atomic E-state index is 12.2. The van der Waals surface area contributed by atoms with Crippen molar-refractivity contribution in [2.24, 2.45) is 0 Å². The minimum atomic E-state index is -3.23. The van der Waals surface area contributed by atoms with Crippen molar-refractivity contribution >= 4 is 21.4 Å². The highest BCUT2D eigenvalue weighted by molar-refractivity contribution is 7.90. The van der Waals surface area contributed by atoms with Crippen LogP contribution < -0.4 is 4.74 Å². The number of hydrogen-bond donors (Lipinski definition) is 0. The van der Waals surface area contributed by atoms with Gasteiger partial charge in [0.15, 0.2) is 9.84 Å². The van der Waals surface area contributed by atoms with Crippen LogP contribution in [0.4, 0.5) is 0 Å². The second-order valence-corrected chi connectivity index (χ2v) is 7.19. The summed E-state index contributed by atoms with van der Waals surface area (Å²) in [7, 11) is -1.72. The normalized spacial score (nSPS) is 19.6. The number of ether oxygens (including phenoxy) is 2. The van der Waals surface area contributed by atoms with E-state index in [1.54, 1.807) is 18.2 Å². The average molecular weight is 305 g/mol. The molecular formula is C13H17ClO4S. The van der Waals surface area contributed by atoms with E-state index >= 15 is 0 Å². The number of methoxy groups -OCH3 is 1. The van der Waals surface area contributed by atoms with Crippen LogP contribution in [0.2, 0.25) is 5.02 Å². The van der Waals surface area contributed by atoms with Crippen molar-refractivity contribution in [3.8, 4) is 5.75 Å². The molecule has 1 aromatic carbocycles. The summed E-state index contributed by atoms with van der Waals surface area (Å²) in [4.78, 5) is 0. The molecule has 0 amide bonds. The van der Waals surface area contributed by atoms with E-state index in [1.807, 2.05) is 0 Å². The van der Waals surface area contributed by atoms with Crippen LogP contribution in [0.3, 0.4) is 0 Å². The third-order valence-corrected chi connectivity index (χ3v) is 4.95. The van der Waals surface area contributed by atoms with Crippen molar-refractivity contribution in [2.45, 2.75) is 24.7 Å². The van der Waals surface area contributed by atoms with Gasteiger partial charge in [0.2, 0.25) is 0 Å². The van der Waals surface area contributed by atoms with Crippen LogP contribution in [0.5, 0.6) is 5.75 Å². The lowest BCUT2D eigenvalue weighted by atomic mass is 10.2. The lowest BCUT2D eigenvalue weighted by molar-refractivity contribution is 0.127. The van der Waals surface area contributed by atoms with Gasteiger partial charge >= 0.3 is 0 Å². The van der Waals surface area contributed by atoms with Gasteiger partial charge in [0, 0.05) is 17.2 Å². The Hall–Kier alpha value is -0.780. The van der Waals surface area contributed by atoms with Gasteiger partial charge in [0.1, 0.15) is 5.75 Å². The first-order valence-electron chi connectivity index (χ1n) is 6.14. The van der Waals surface area contributed by atoms with Crippen LogP contribution in [0.25, 0.3) is 0 Å². The Kier molecular flexibility index (Phi) is 4.71. The van der Waals surface area contributed by atoms with Crippen LogP contribution in [0.15, 0.2) is 18.2 Å². The molecule has 0 saturated carbocycles. The van der Waals surface area contributed by atoms with E-state index < -0.39 is 9.84 Å². The van der Waals surface area contributed by atoms with E-state index in [0.29, 0.717) is 22.9 Å². The van der Waals surface area contributed by atoms with Gasteiger partial charge < -0.3 is 9.47 Å². The quantitative estimate of drug-likeness (QED) is 0.838. The highest BCUT2D eigenvalue weighted by atomic mass is 35.5. The van der Waals surface area contributed by atoms with E-state index in [4.69, 9.17) is 21.1 Å². The van der Waals surface area contributed by atoms with Gasteiger partial charge in [-0.05, 0) is 31.0 Å². The molecule has 0 spiro atoms. The summed E-state index contributed by atoms with van der Waals surface area (Å²) in [5.41, 5.74) is 0.591. The van der Waals surface area contributed by atoms with Crippen molar-refractivity contribution in [1.29, 1.82) is 0 Å². The largest absolute Gasteiger partial charge is 0.496 e. The highest BCUT2D eigenvalue weighted by Gasteiger charge is 2.24. The molecule has 1 atom stereocenters. The maximum Gasteiger partial charge on any atom is 0.157 e. The van der Waals surface area contributed by atoms with Crippen LogP contribution in [-0.4, -0.2) is 34.0 Å². The highest BCUT2D eigenvalue weighted by Crippen LogP contribution is 2.25. The van der Waals surface area contributed by atoms with Gasteiger partial charge in [-0.25, -0.2) is 8.42 Å². The van der Waals surface area contributed by atoms with E-state index in [1.165, 1.54) is 7.11 Å². The summed E-state index contributed by atoms with van der Waals surface area (Å²) in [6.45, 7) is 0.653. The molecule has 1 aliphatic heterocycles. The van der Waals surface area contributed by atoms with Gasteiger partial charge in [-0.15, -0.1) is 0 Å². The second kappa shape index (κ2) is 6.11. The Morgan fingerprint density at radius 2 is 2.26 bits per heavy atom. The topological polar surface area (TPSA) is 52.6 Å². The van der Waals surface area contributed by atoms with Crippen LogP contribution >= 0.6 is 11.6 Å². The summed E-state index contributed by atoms with van der Waals surface area (Å²) >= 11 is 5.90. The number of rotatable bonds is 5. The predicted molar refractivity (Wildman–Crippen MR) is 74.5 cm³/mol. The Balaban J connectivity index is 2.12. The maximum atomic E-state index is 12.2. The first-order chi connectivity index (χ1) is 9.00. The van der Waals surface area contributed by atoms with E-state index in [0.717, 1.165) is 12.8 Å². The molecule has 1 unspecified atom stereocenters. The Bertz CT molecular complexity index is 536. The fraction of sp³-hybridized carbons (Fsp3) is 0.538. The van der Waals surface area contributed by atoms with Crippen LogP contribution in [0, 0.1) is 0 Å². The first kappa shape index (κ1) is 14.6. The monoisotopic (exact) mass is 304 g/mol. The smallest absolute Gasteiger partial charge is 0.157 e. The molecule has 19 heavy (non-hydrogen) atoms. The molecule has 1 saturated heterocycles. The van der Waals surface area contributed by atoms with E-state index in [9.17, 15) is 8.42 Å². The fourth-order valence-electron chi connectivity index (χ4n) is 2.21. The van der Waals surface area contributed by atoms with Crippen LogP contribution in [0.1, 0.15) is 18.4 Å². The summed E-state index contributed by atoms with van der Waals surface area (Å²) < 4.78 is 34.8. The van der Waals surface area contributed by atoms with Gasteiger partial charge in [-0.3, -0.25) is 0 Å². The Morgan fingerprint density at radius 3 is 2.89 bits per heavy atom. The molecule has 0 N–H and O–H groups in total. The van der Waals surface area contributed by atoms with Crippen molar-refractivity contribution in [3.05, 3.63) is 28.8 Å². The molecule has 0 aliphatic carbocycles. The SMILES string of the molecule is COc1ccc(Cl)cc1CS(=O)(=O)CC1CCCO1. The predicted octanol–water partition coefficient (Wildman–Crippen LogP) is 2.44. The molecule has 0 radical (unpaired) electrons. The third-order valence-electron chi connectivity index (χ3n) is 3.08. The average Bonchev–Trinajstić information content (AvgIpc) is 2.80. The summed E-state index contributed by atoms with van der Waals surface area (Å²) in [6, 6.07) is 4.99. The lowest BCUT2D eigenvalue weighted by Crippen LogP contribution is -2.21. The van der Waals surface area contributed by atoms with Crippen molar-refractivity contribution < 1.29 is 17.9 Å². The van der Waals surface area contributed by atoms with Crippen LogP contribution in [-0.2, 0) is 20.3 Å². The van der Waals surface area contributed by atoms with Gasteiger partial charge in [0.25, 0.3) is 0 Å². The molecule has 1 fully saturated rings. The van der Waals surface area contributed by atoms with Gasteiger partial charge in [0.05, 0.1) is 24.7 Å². The first-order valence-corrected chi connectivity index (χ1v) is 8.34. The molecule has 106 valence electrons. The summed E-state index contributed by atoms with van der Waals surface area (Å²) in [6.07, 6.45) is 1.57. The second-order valence-electron chi connectivity index (χ2n) is 4.65. The third kappa shape index (κ3) is 4.09. The van der Waals surface area contributed by atoms with Gasteiger partial charge in [-0.1, -0.05) is 11.6 Å². The van der Waals surface area contributed by atoms with E-state index in [-0.39, 0.29) is 17.6 Å². The molecule has 2 rings (SSSR count). The number of hydrogen-bond acceptors (Lipinski definition) is 4. The lowest BCUT2D eigenvalue weighted by Gasteiger charge is -2.12.